The van der Waals surface area contributed by atoms with E-state index in [2.05, 4.69) is 74.5 Å². The molecule has 0 bridgehead atoms. The number of nitriles is 1. The second kappa shape index (κ2) is 12.3. The maximum Gasteiger partial charge on any atom is 0.254 e. The molecule has 2 heterocycles. The van der Waals surface area contributed by atoms with Gasteiger partial charge in [-0.2, -0.15) is 5.26 Å². The van der Waals surface area contributed by atoms with Gasteiger partial charge in [0.15, 0.2) is 8.32 Å². The molecule has 0 unspecified atom stereocenters. The van der Waals surface area contributed by atoms with E-state index in [1.807, 2.05) is 36.1 Å². The van der Waals surface area contributed by atoms with Crippen LogP contribution in [0.3, 0.4) is 0 Å². The van der Waals surface area contributed by atoms with Gasteiger partial charge in [-0.3, -0.25) is 4.79 Å². The number of anilines is 2. The largest absolute Gasteiger partial charge is 0.415 e. The molecular formula is C32H47N5O2Si. The Morgan fingerprint density at radius 2 is 1.82 bits per heavy atom. The summed E-state index contributed by atoms with van der Waals surface area (Å²) in [5.41, 5.74) is 5.74. The summed E-state index contributed by atoms with van der Waals surface area (Å²) in [5.74, 6) is 0.0994. The molecule has 0 radical (unpaired) electrons. The highest BCUT2D eigenvalue weighted by molar-refractivity contribution is 6.74. The van der Waals surface area contributed by atoms with Crippen molar-refractivity contribution in [3.8, 4) is 6.07 Å². The van der Waals surface area contributed by atoms with Gasteiger partial charge in [0.05, 0.1) is 17.9 Å². The van der Waals surface area contributed by atoms with Crippen LogP contribution < -0.4 is 15.5 Å². The third kappa shape index (κ3) is 6.88. The van der Waals surface area contributed by atoms with Crippen LogP contribution in [0.5, 0.6) is 0 Å². The van der Waals surface area contributed by atoms with Gasteiger partial charge in [0.25, 0.3) is 5.91 Å². The summed E-state index contributed by atoms with van der Waals surface area (Å²) in [4.78, 5) is 18.0. The predicted molar refractivity (Wildman–Crippen MR) is 167 cm³/mol. The van der Waals surface area contributed by atoms with Crippen molar-refractivity contribution in [3.63, 3.8) is 0 Å². The fourth-order valence-electron chi connectivity index (χ4n) is 5.38. The quantitative estimate of drug-likeness (QED) is 0.423. The minimum atomic E-state index is -1.84. The van der Waals surface area contributed by atoms with Crippen LogP contribution in [0.4, 0.5) is 11.4 Å². The number of nitrogens with one attached hydrogen (secondary N) is 2. The fraction of sp³-hybridized carbons (Fsp3) is 0.562. The molecule has 2 aliphatic heterocycles. The fourth-order valence-corrected chi connectivity index (χ4v) is 6.43. The molecule has 8 heteroatoms. The smallest absolute Gasteiger partial charge is 0.254 e. The molecule has 2 aliphatic rings. The van der Waals surface area contributed by atoms with Crippen molar-refractivity contribution in [2.75, 3.05) is 49.5 Å². The third-order valence-corrected chi connectivity index (χ3v) is 13.5. The first kappa shape index (κ1) is 30.1. The molecule has 0 saturated carbocycles. The number of hydrogen-bond acceptors (Lipinski definition) is 6. The minimum Gasteiger partial charge on any atom is -0.415 e. The van der Waals surface area contributed by atoms with Crippen LogP contribution in [0.15, 0.2) is 36.4 Å². The minimum absolute atomic E-state index is 0.0994. The van der Waals surface area contributed by atoms with Crippen LogP contribution in [-0.4, -0.2) is 70.5 Å². The molecule has 2 aromatic rings. The molecule has 0 aliphatic carbocycles. The van der Waals surface area contributed by atoms with Crippen molar-refractivity contribution in [1.82, 2.24) is 10.2 Å². The molecule has 0 spiro atoms. The summed E-state index contributed by atoms with van der Waals surface area (Å²) in [5, 5.41) is 17.0. The summed E-state index contributed by atoms with van der Waals surface area (Å²) in [6.07, 6.45) is 1.95. The normalized spacial score (nSPS) is 18.9. The first-order valence-electron chi connectivity index (χ1n) is 14.7. The van der Waals surface area contributed by atoms with Gasteiger partial charge in [-0.25, -0.2) is 0 Å². The number of piperidine rings is 1. The van der Waals surface area contributed by atoms with Gasteiger partial charge in [-0.1, -0.05) is 39.0 Å². The molecule has 0 aromatic heterocycles. The van der Waals surface area contributed by atoms with Crippen LogP contribution in [-0.2, 0) is 4.43 Å². The van der Waals surface area contributed by atoms with Gasteiger partial charge in [0.1, 0.15) is 6.07 Å². The first-order valence-corrected chi connectivity index (χ1v) is 17.6. The zero-order chi connectivity index (χ0) is 29.1. The van der Waals surface area contributed by atoms with E-state index in [0.29, 0.717) is 25.7 Å². The Kier molecular flexibility index (Phi) is 9.28. The van der Waals surface area contributed by atoms with E-state index in [0.717, 1.165) is 66.1 Å². The second-order valence-electron chi connectivity index (χ2n) is 13.0. The summed E-state index contributed by atoms with van der Waals surface area (Å²) in [7, 11) is -1.84. The molecule has 7 nitrogen and oxygen atoms in total. The zero-order valence-corrected chi connectivity index (χ0v) is 26.4. The number of carbonyl (C=O) groups excluding carboxylic acids is 1. The van der Waals surface area contributed by atoms with Crippen LogP contribution >= 0.6 is 0 Å². The van der Waals surface area contributed by atoms with E-state index in [1.54, 1.807) is 0 Å². The molecule has 4 rings (SSSR count). The van der Waals surface area contributed by atoms with Crippen molar-refractivity contribution in [3.05, 3.63) is 58.7 Å². The van der Waals surface area contributed by atoms with Crippen LogP contribution in [0.2, 0.25) is 18.1 Å². The number of carbonyl (C=O) groups is 1. The van der Waals surface area contributed by atoms with Gasteiger partial charge < -0.3 is 24.9 Å². The maximum absolute atomic E-state index is 13.7. The second-order valence-corrected chi connectivity index (χ2v) is 17.8. The molecule has 216 valence electrons. The number of aryl methyl sites for hydroxylation is 2. The molecular weight excluding hydrogens is 514 g/mol. The monoisotopic (exact) mass is 561 g/mol. The molecule has 2 N–H and O–H groups in total. The molecule has 2 fully saturated rings. The first-order chi connectivity index (χ1) is 18.9. The van der Waals surface area contributed by atoms with E-state index >= 15 is 0 Å². The number of hydrogen-bond donors (Lipinski definition) is 2. The van der Waals surface area contributed by atoms with Gasteiger partial charge in [-0.05, 0) is 74.1 Å². The van der Waals surface area contributed by atoms with Crippen molar-refractivity contribution in [1.29, 1.82) is 5.26 Å². The maximum atomic E-state index is 13.7. The lowest BCUT2D eigenvalue weighted by Crippen LogP contribution is -2.56. The van der Waals surface area contributed by atoms with Gasteiger partial charge in [-0.15, -0.1) is 0 Å². The summed E-state index contributed by atoms with van der Waals surface area (Å²) in [6, 6.07) is 14.8. The lowest BCUT2D eigenvalue weighted by molar-refractivity contribution is 0.0674. The van der Waals surface area contributed by atoms with Crippen LogP contribution in [0.25, 0.3) is 0 Å². The van der Waals surface area contributed by atoms with Gasteiger partial charge in [0, 0.05) is 56.1 Å². The average Bonchev–Trinajstić information content (AvgIpc) is 2.93. The number of amides is 1. The Bertz CT molecular complexity index is 1240. The Labute approximate surface area is 242 Å². The highest BCUT2D eigenvalue weighted by Crippen LogP contribution is 2.36. The SMILES string of the molecule is Cc1cc(C)c(C(=O)N2CCN[C@@H](CO[Si](C)(C)C(C)(C)C)C2)cc1NC1CCN(c2ccccc2C#N)CC1. The lowest BCUT2D eigenvalue weighted by Gasteiger charge is -2.39. The van der Waals surface area contributed by atoms with Crippen molar-refractivity contribution >= 4 is 25.6 Å². The van der Waals surface area contributed by atoms with Crippen molar-refractivity contribution in [2.24, 2.45) is 0 Å². The Morgan fingerprint density at radius 1 is 1.12 bits per heavy atom. The third-order valence-electron chi connectivity index (χ3n) is 9.02. The van der Waals surface area contributed by atoms with Crippen molar-refractivity contribution < 1.29 is 9.22 Å². The van der Waals surface area contributed by atoms with E-state index < -0.39 is 8.32 Å². The summed E-state index contributed by atoms with van der Waals surface area (Å²) < 4.78 is 6.47. The topological polar surface area (TPSA) is 80.6 Å². The van der Waals surface area contributed by atoms with Crippen LogP contribution in [0.1, 0.15) is 60.7 Å². The molecule has 1 atom stereocenters. The van der Waals surface area contributed by atoms with E-state index in [1.165, 1.54) is 0 Å². The van der Waals surface area contributed by atoms with Crippen molar-refractivity contribution in [2.45, 2.75) is 77.7 Å². The highest BCUT2D eigenvalue weighted by atomic mass is 28.4. The molecule has 2 aromatic carbocycles. The van der Waals surface area contributed by atoms with E-state index in [9.17, 15) is 10.1 Å². The van der Waals surface area contributed by atoms with Gasteiger partial charge in [0.2, 0.25) is 0 Å². The number of para-hydroxylation sites is 1. The molecule has 40 heavy (non-hydrogen) atoms. The summed E-state index contributed by atoms with van der Waals surface area (Å²) in [6.45, 7) is 20.0. The number of benzene rings is 2. The van der Waals surface area contributed by atoms with Crippen LogP contribution in [0, 0.1) is 25.2 Å². The molecule has 2 saturated heterocycles. The van der Waals surface area contributed by atoms with Gasteiger partial charge >= 0.3 is 0 Å². The lowest BCUT2D eigenvalue weighted by atomic mass is 9.99. The van der Waals surface area contributed by atoms with E-state index in [4.69, 9.17) is 4.43 Å². The Morgan fingerprint density at radius 3 is 2.50 bits per heavy atom. The molecule has 1 amide bonds. The summed E-state index contributed by atoms with van der Waals surface area (Å²) >= 11 is 0. The predicted octanol–water partition coefficient (Wildman–Crippen LogP) is 5.69. The number of rotatable bonds is 7. The number of nitrogens with zero attached hydrogens (tertiary/aromatic N) is 3. The standard InChI is InChI=1S/C32H47N5O2Si/c1-23-18-24(2)29(35-26-12-15-36(16-13-26)30-11-9-8-10-25(30)20-33)19-28(23)31(38)37-17-14-34-27(21-37)22-39-40(6,7)32(3,4)5/h8-11,18-19,26-27,34-35H,12-17,21-22H2,1-7H3/t27-/m1/s1. The van der Waals surface area contributed by atoms with E-state index in [-0.39, 0.29) is 17.0 Å². The number of piperazine rings is 1. The zero-order valence-electron chi connectivity index (χ0n) is 25.4. The average molecular weight is 562 g/mol. The Balaban J connectivity index is 1.39. The Hall–Kier alpha value is -2.86. The highest BCUT2D eigenvalue weighted by Gasteiger charge is 2.38.